The molecule has 0 aromatic rings. The van der Waals surface area contributed by atoms with E-state index in [0.717, 1.165) is 25.7 Å². The largest absolute Gasteiger partial charge is 0.400 e. The molecule has 0 radical (unpaired) electrons. The van der Waals surface area contributed by atoms with E-state index in [0.29, 0.717) is 6.42 Å². The van der Waals surface area contributed by atoms with Crippen molar-refractivity contribution in [1.82, 2.24) is 4.72 Å². The van der Waals surface area contributed by atoms with Crippen LogP contribution < -0.4 is 4.72 Å². The SMILES string of the molecule is CCCCCCCCNS(=O)(=O)OC[C@@]12OC[C@H]3OS(=O)(=O)O[C@H]3[C@@H]1OC(C)(C)O2. The molecular formula is C17H31NO10S2. The van der Waals surface area contributed by atoms with Crippen LogP contribution in [-0.4, -0.2) is 66.5 Å². The Morgan fingerprint density at radius 2 is 1.80 bits per heavy atom. The minimum Gasteiger partial charge on any atom is -0.343 e. The molecule has 176 valence electrons. The van der Waals surface area contributed by atoms with Crippen LogP contribution in [-0.2, 0) is 47.5 Å². The van der Waals surface area contributed by atoms with Gasteiger partial charge >= 0.3 is 20.7 Å². The molecule has 1 N–H and O–H groups in total. The number of unbranched alkanes of at least 4 members (excludes halogenated alkanes) is 5. The predicted molar refractivity (Wildman–Crippen MR) is 104 cm³/mol. The summed E-state index contributed by atoms with van der Waals surface area (Å²) in [6.07, 6.45) is 3.15. The van der Waals surface area contributed by atoms with Crippen LogP contribution in [0.2, 0.25) is 0 Å². The van der Waals surface area contributed by atoms with Crippen LogP contribution in [0.4, 0.5) is 0 Å². The van der Waals surface area contributed by atoms with Gasteiger partial charge in [-0.3, -0.25) is 4.18 Å². The van der Waals surface area contributed by atoms with E-state index in [1.54, 1.807) is 13.8 Å². The first kappa shape index (κ1) is 24.3. The summed E-state index contributed by atoms with van der Waals surface area (Å²) in [6, 6.07) is 0. The Hall–Kier alpha value is -0.380. The molecule has 11 nitrogen and oxygen atoms in total. The van der Waals surface area contributed by atoms with E-state index < -0.39 is 57.2 Å². The molecule has 4 atom stereocenters. The zero-order chi connectivity index (χ0) is 22.0. The summed E-state index contributed by atoms with van der Waals surface area (Å²) in [5, 5.41) is 0. The molecule has 0 aromatic carbocycles. The van der Waals surface area contributed by atoms with Gasteiger partial charge in [0.1, 0.15) is 24.9 Å². The smallest absolute Gasteiger partial charge is 0.343 e. The molecule has 0 aromatic heterocycles. The molecule has 0 unspecified atom stereocenters. The Morgan fingerprint density at radius 3 is 2.53 bits per heavy atom. The van der Waals surface area contributed by atoms with E-state index in [9.17, 15) is 16.8 Å². The summed E-state index contributed by atoms with van der Waals surface area (Å²) < 4.78 is 82.4. The zero-order valence-corrected chi connectivity index (χ0v) is 19.1. The van der Waals surface area contributed by atoms with Gasteiger partial charge in [-0.15, -0.1) is 0 Å². The van der Waals surface area contributed by atoms with Crippen molar-refractivity contribution in [1.29, 1.82) is 0 Å². The van der Waals surface area contributed by atoms with E-state index in [2.05, 4.69) is 11.6 Å². The summed E-state index contributed by atoms with van der Waals surface area (Å²) in [7, 11) is -8.25. The Kier molecular flexibility index (Phi) is 7.47. The quantitative estimate of drug-likeness (QED) is 0.435. The van der Waals surface area contributed by atoms with Gasteiger partial charge in [0.25, 0.3) is 0 Å². The first-order chi connectivity index (χ1) is 14.0. The topological polar surface area (TPSA) is 136 Å². The highest BCUT2D eigenvalue weighted by atomic mass is 32.3. The molecular weight excluding hydrogens is 442 g/mol. The summed E-state index contributed by atoms with van der Waals surface area (Å²) in [4.78, 5) is 0. The van der Waals surface area contributed by atoms with Gasteiger partial charge in [-0.1, -0.05) is 39.0 Å². The highest BCUT2D eigenvalue weighted by molar-refractivity contribution is 7.84. The lowest BCUT2D eigenvalue weighted by atomic mass is 9.98. The lowest BCUT2D eigenvalue weighted by molar-refractivity contribution is -0.290. The van der Waals surface area contributed by atoms with Crippen LogP contribution in [0.1, 0.15) is 59.3 Å². The van der Waals surface area contributed by atoms with E-state index >= 15 is 0 Å². The van der Waals surface area contributed by atoms with E-state index in [-0.39, 0.29) is 13.2 Å². The number of rotatable bonds is 11. The molecule has 0 aliphatic carbocycles. The van der Waals surface area contributed by atoms with Crippen LogP contribution in [0.25, 0.3) is 0 Å². The average Bonchev–Trinajstić information content (AvgIpc) is 3.11. The Labute approximate surface area is 178 Å². The molecule has 3 aliphatic heterocycles. The van der Waals surface area contributed by atoms with Crippen molar-refractivity contribution < 1.29 is 43.6 Å². The first-order valence-corrected chi connectivity index (χ1v) is 13.0. The molecule has 3 aliphatic rings. The molecule has 3 saturated heterocycles. The predicted octanol–water partition coefficient (Wildman–Crippen LogP) is 1.10. The van der Waals surface area contributed by atoms with E-state index in [1.807, 2.05) is 0 Å². The lowest BCUT2D eigenvalue weighted by Gasteiger charge is -2.39. The lowest BCUT2D eigenvalue weighted by Crippen LogP contribution is -2.60. The monoisotopic (exact) mass is 473 g/mol. The van der Waals surface area contributed by atoms with Crippen LogP contribution in [0.5, 0.6) is 0 Å². The molecule has 0 saturated carbocycles. The molecule has 13 heteroatoms. The van der Waals surface area contributed by atoms with Crippen molar-refractivity contribution in [3.05, 3.63) is 0 Å². The molecule has 3 fully saturated rings. The Balaban J connectivity index is 1.56. The van der Waals surface area contributed by atoms with Crippen molar-refractivity contribution in [3.8, 4) is 0 Å². The first-order valence-electron chi connectivity index (χ1n) is 10.2. The minimum atomic E-state index is -4.19. The van der Waals surface area contributed by atoms with Crippen LogP contribution in [0, 0.1) is 0 Å². The molecule has 0 amide bonds. The van der Waals surface area contributed by atoms with Crippen molar-refractivity contribution >= 4 is 20.7 Å². The molecule has 3 heterocycles. The molecule has 30 heavy (non-hydrogen) atoms. The number of nitrogens with one attached hydrogen (secondary N) is 1. The van der Waals surface area contributed by atoms with Crippen LogP contribution >= 0.6 is 0 Å². The van der Waals surface area contributed by atoms with Crippen LogP contribution in [0.3, 0.4) is 0 Å². The van der Waals surface area contributed by atoms with E-state index in [4.69, 9.17) is 26.8 Å². The second-order valence-corrected chi connectivity index (χ2v) is 10.8. The van der Waals surface area contributed by atoms with Gasteiger partial charge in [0, 0.05) is 6.54 Å². The highest BCUT2D eigenvalue weighted by Gasteiger charge is 2.66. The van der Waals surface area contributed by atoms with Gasteiger partial charge in [0.15, 0.2) is 5.79 Å². The maximum Gasteiger partial charge on any atom is 0.400 e. The summed E-state index contributed by atoms with van der Waals surface area (Å²) in [5.74, 6) is -2.82. The van der Waals surface area contributed by atoms with Gasteiger partial charge in [0.2, 0.25) is 5.79 Å². The van der Waals surface area contributed by atoms with Crippen LogP contribution in [0.15, 0.2) is 0 Å². The number of hydrogen-bond acceptors (Lipinski definition) is 10. The maximum absolute atomic E-state index is 12.2. The van der Waals surface area contributed by atoms with Gasteiger partial charge in [-0.2, -0.15) is 21.6 Å². The number of ether oxygens (including phenoxy) is 3. The summed E-state index contributed by atoms with van der Waals surface area (Å²) in [5.41, 5.74) is 0. The van der Waals surface area contributed by atoms with Crippen molar-refractivity contribution in [2.45, 2.75) is 89.2 Å². The number of hydrogen-bond donors (Lipinski definition) is 1. The van der Waals surface area contributed by atoms with Gasteiger partial charge in [0.05, 0.1) is 6.61 Å². The Morgan fingerprint density at radius 1 is 1.10 bits per heavy atom. The average molecular weight is 474 g/mol. The third-order valence-electron chi connectivity index (χ3n) is 5.11. The molecule has 3 rings (SSSR count). The summed E-state index contributed by atoms with van der Waals surface area (Å²) in [6.45, 7) is 4.88. The maximum atomic E-state index is 12.2. The number of fused-ring (bicyclic) bond motifs is 3. The highest BCUT2D eigenvalue weighted by Crippen LogP contribution is 2.46. The second-order valence-electron chi connectivity index (χ2n) is 8.15. The van der Waals surface area contributed by atoms with Gasteiger partial charge < -0.3 is 14.2 Å². The minimum absolute atomic E-state index is 0.186. The molecule has 0 spiro atoms. The fourth-order valence-corrected chi connectivity index (χ4v) is 5.61. The fourth-order valence-electron chi connectivity index (χ4n) is 3.80. The van der Waals surface area contributed by atoms with Crippen molar-refractivity contribution in [2.75, 3.05) is 19.8 Å². The standard InChI is InChI=1S/C17H31NO10S2/c1-4-5-6-7-8-9-10-18-29(19,20)24-12-17-15(25-16(2,3)28-17)14-13(11-23-17)26-30(21,22)27-14/h13-15,18H,4-12H2,1-3H3/t13-,14-,15+,17+/m1/s1. The second kappa shape index (κ2) is 9.24. The third kappa shape index (κ3) is 5.90. The Bertz CT molecular complexity index is 799. The van der Waals surface area contributed by atoms with Gasteiger partial charge in [-0.05, 0) is 20.3 Å². The zero-order valence-electron chi connectivity index (χ0n) is 17.5. The molecule has 0 bridgehead atoms. The van der Waals surface area contributed by atoms with Gasteiger partial charge in [-0.25, -0.2) is 8.37 Å². The van der Waals surface area contributed by atoms with Crippen molar-refractivity contribution in [2.24, 2.45) is 0 Å². The van der Waals surface area contributed by atoms with E-state index in [1.165, 1.54) is 6.42 Å². The van der Waals surface area contributed by atoms with Crippen molar-refractivity contribution in [3.63, 3.8) is 0 Å². The normalized spacial score (nSPS) is 34.6. The summed E-state index contributed by atoms with van der Waals surface area (Å²) >= 11 is 0. The fraction of sp³-hybridized carbons (Fsp3) is 1.00. The third-order valence-corrected chi connectivity index (χ3v) is 7.04.